The van der Waals surface area contributed by atoms with Crippen LogP contribution in [-0.4, -0.2) is 54.9 Å². The van der Waals surface area contributed by atoms with Crippen LogP contribution in [0.15, 0.2) is 48.5 Å². The molecule has 0 aliphatic rings. The minimum atomic E-state index is -3.99. The average molecular weight is 505 g/mol. The Balaban J connectivity index is 2.45. The van der Waals surface area contributed by atoms with Crippen LogP contribution in [0.25, 0.3) is 0 Å². The molecule has 0 unspecified atom stereocenters. The summed E-state index contributed by atoms with van der Waals surface area (Å²) in [7, 11) is -3.99. The first-order valence-corrected chi connectivity index (χ1v) is 13.1. The molecule has 1 N–H and O–H groups in total. The molecule has 0 saturated heterocycles. The van der Waals surface area contributed by atoms with Crippen molar-refractivity contribution in [3.63, 3.8) is 0 Å². The van der Waals surface area contributed by atoms with Gasteiger partial charge in [0.25, 0.3) is 5.69 Å². The summed E-state index contributed by atoms with van der Waals surface area (Å²) in [6.07, 6.45) is 1.64. The van der Waals surface area contributed by atoms with Crippen LogP contribution in [0.4, 0.5) is 11.4 Å². The number of nitrogens with one attached hydrogen (secondary N) is 1. The molecule has 2 atom stereocenters. The number of sulfonamides is 1. The molecular formula is C24H32N4O6S. The number of amides is 2. The third-order valence-corrected chi connectivity index (χ3v) is 6.84. The molecule has 0 spiro atoms. The first kappa shape index (κ1) is 27.8. The minimum Gasteiger partial charge on any atom is -0.352 e. The van der Waals surface area contributed by atoms with E-state index < -0.39 is 33.4 Å². The lowest BCUT2D eigenvalue weighted by molar-refractivity contribution is -0.384. The number of nitrogens with zero attached hydrogens (tertiary/aromatic N) is 3. The molecule has 190 valence electrons. The van der Waals surface area contributed by atoms with Gasteiger partial charge in [-0.05, 0) is 38.3 Å². The number of carbonyl (C=O) groups is 2. The largest absolute Gasteiger partial charge is 0.352 e. The molecule has 0 aliphatic heterocycles. The van der Waals surface area contributed by atoms with E-state index in [0.29, 0.717) is 12.0 Å². The van der Waals surface area contributed by atoms with E-state index in [2.05, 4.69) is 5.32 Å². The van der Waals surface area contributed by atoms with Gasteiger partial charge in [-0.15, -0.1) is 0 Å². The van der Waals surface area contributed by atoms with Crippen molar-refractivity contribution >= 4 is 33.2 Å². The van der Waals surface area contributed by atoms with E-state index in [1.807, 2.05) is 19.9 Å². The molecule has 2 amide bonds. The summed E-state index contributed by atoms with van der Waals surface area (Å²) in [6, 6.07) is 11.9. The van der Waals surface area contributed by atoms with E-state index in [0.717, 1.165) is 22.2 Å². The van der Waals surface area contributed by atoms with Crippen molar-refractivity contribution in [2.45, 2.75) is 52.7 Å². The van der Waals surface area contributed by atoms with Gasteiger partial charge >= 0.3 is 0 Å². The lowest BCUT2D eigenvalue weighted by atomic mass is 10.1. The smallest absolute Gasteiger partial charge is 0.271 e. The Bertz CT molecular complexity index is 1170. The van der Waals surface area contributed by atoms with E-state index in [-0.39, 0.29) is 29.9 Å². The van der Waals surface area contributed by atoms with Crippen molar-refractivity contribution < 1.29 is 22.9 Å². The Morgan fingerprint density at radius 1 is 1.11 bits per heavy atom. The molecule has 0 bridgehead atoms. The fraction of sp³-hybridized carbons (Fsp3) is 0.417. The van der Waals surface area contributed by atoms with Crippen LogP contribution in [0, 0.1) is 17.0 Å². The number of anilines is 1. The number of benzene rings is 2. The standard InChI is InChI=1S/C24H32N4O6S/c1-6-18(3)25-24(30)19(4)26(15-20-10-8-7-9-11-20)23(29)16-27(35(5,33)34)22-14-21(28(31)32)13-12-17(22)2/h7-14,18-19H,6,15-16H2,1-5H3,(H,25,30)/t18-,19-/m1/s1. The molecule has 11 heteroatoms. The molecule has 0 fully saturated rings. The number of nitro groups is 1. The number of nitro benzene ring substituents is 1. The molecule has 2 rings (SSSR count). The molecule has 0 aromatic heterocycles. The van der Waals surface area contributed by atoms with Gasteiger partial charge in [-0.1, -0.05) is 43.3 Å². The number of hydrogen-bond acceptors (Lipinski definition) is 6. The monoisotopic (exact) mass is 504 g/mol. The van der Waals surface area contributed by atoms with Gasteiger partial charge in [-0.25, -0.2) is 8.42 Å². The highest BCUT2D eigenvalue weighted by atomic mass is 32.2. The van der Waals surface area contributed by atoms with Crippen molar-refractivity contribution in [1.82, 2.24) is 10.2 Å². The first-order valence-electron chi connectivity index (χ1n) is 11.2. The summed E-state index contributed by atoms with van der Waals surface area (Å²) in [5, 5.41) is 14.1. The fourth-order valence-corrected chi connectivity index (χ4v) is 4.30. The molecule has 0 aliphatic carbocycles. The van der Waals surface area contributed by atoms with Crippen LogP contribution in [-0.2, 0) is 26.2 Å². The fourth-order valence-electron chi connectivity index (χ4n) is 3.40. The summed E-state index contributed by atoms with van der Waals surface area (Å²) in [5.41, 5.74) is 0.952. The Labute approximate surface area is 206 Å². The summed E-state index contributed by atoms with van der Waals surface area (Å²) in [6.45, 7) is 6.43. The van der Waals surface area contributed by atoms with E-state index in [4.69, 9.17) is 0 Å². The minimum absolute atomic E-state index is 0.0337. The lowest BCUT2D eigenvalue weighted by Crippen LogP contribution is -2.52. The van der Waals surface area contributed by atoms with Crippen molar-refractivity contribution in [2.24, 2.45) is 0 Å². The van der Waals surface area contributed by atoms with Crippen molar-refractivity contribution in [3.8, 4) is 0 Å². The quantitative estimate of drug-likeness (QED) is 0.370. The van der Waals surface area contributed by atoms with Crippen LogP contribution < -0.4 is 9.62 Å². The van der Waals surface area contributed by atoms with Gasteiger partial charge in [0.05, 0.1) is 16.9 Å². The number of aryl methyl sites for hydroxylation is 1. The van der Waals surface area contributed by atoms with E-state index in [1.165, 1.54) is 17.0 Å². The molecule has 0 saturated carbocycles. The Hall–Kier alpha value is -3.47. The number of non-ortho nitro benzene ring substituents is 1. The van der Waals surface area contributed by atoms with Crippen LogP contribution in [0.5, 0.6) is 0 Å². The van der Waals surface area contributed by atoms with Gasteiger partial charge in [-0.3, -0.25) is 24.0 Å². The highest BCUT2D eigenvalue weighted by Crippen LogP contribution is 2.28. The zero-order chi connectivity index (χ0) is 26.3. The zero-order valence-corrected chi connectivity index (χ0v) is 21.4. The van der Waals surface area contributed by atoms with Crippen LogP contribution in [0.2, 0.25) is 0 Å². The Morgan fingerprint density at radius 2 is 1.74 bits per heavy atom. The van der Waals surface area contributed by atoms with Crippen LogP contribution in [0.1, 0.15) is 38.3 Å². The molecule has 2 aromatic carbocycles. The third-order valence-electron chi connectivity index (χ3n) is 5.72. The second-order valence-electron chi connectivity index (χ2n) is 8.50. The molecule has 0 radical (unpaired) electrons. The van der Waals surface area contributed by atoms with Crippen molar-refractivity contribution in [2.75, 3.05) is 17.1 Å². The van der Waals surface area contributed by atoms with Gasteiger partial charge in [0.2, 0.25) is 21.8 Å². The van der Waals surface area contributed by atoms with Gasteiger partial charge in [0, 0.05) is 24.7 Å². The van der Waals surface area contributed by atoms with Crippen LogP contribution >= 0.6 is 0 Å². The lowest BCUT2D eigenvalue weighted by Gasteiger charge is -2.32. The summed E-state index contributed by atoms with van der Waals surface area (Å²) < 4.78 is 26.2. The summed E-state index contributed by atoms with van der Waals surface area (Å²) in [5.74, 6) is -0.974. The first-order chi connectivity index (χ1) is 16.3. The van der Waals surface area contributed by atoms with Gasteiger partial charge in [0.1, 0.15) is 12.6 Å². The normalized spacial score (nSPS) is 12.9. The van der Waals surface area contributed by atoms with Crippen LogP contribution in [0.3, 0.4) is 0 Å². The number of rotatable bonds is 11. The van der Waals surface area contributed by atoms with E-state index >= 15 is 0 Å². The molecule has 10 nitrogen and oxygen atoms in total. The predicted molar refractivity (Wildman–Crippen MR) is 134 cm³/mol. The maximum atomic E-state index is 13.5. The van der Waals surface area contributed by atoms with Crippen molar-refractivity contribution in [1.29, 1.82) is 0 Å². The number of carbonyl (C=O) groups excluding carboxylic acids is 2. The summed E-state index contributed by atoms with van der Waals surface area (Å²) >= 11 is 0. The molecule has 35 heavy (non-hydrogen) atoms. The highest BCUT2D eigenvalue weighted by molar-refractivity contribution is 7.92. The SMILES string of the molecule is CC[C@@H](C)NC(=O)[C@@H](C)N(Cc1ccccc1)C(=O)CN(c1cc([N+](=O)[O-])ccc1C)S(C)(=O)=O. The Morgan fingerprint density at radius 3 is 2.29 bits per heavy atom. The average Bonchev–Trinajstić information content (AvgIpc) is 2.80. The zero-order valence-electron chi connectivity index (χ0n) is 20.6. The second-order valence-corrected chi connectivity index (χ2v) is 10.4. The summed E-state index contributed by atoms with van der Waals surface area (Å²) in [4.78, 5) is 38.3. The van der Waals surface area contributed by atoms with Gasteiger partial charge < -0.3 is 10.2 Å². The predicted octanol–water partition coefficient (Wildman–Crippen LogP) is 3.00. The second kappa shape index (κ2) is 11.8. The molecule has 0 heterocycles. The molecule has 2 aromatic rings. The third kappa shape index (κ3) is 7.51. The van der Waals surface area contributed by atoms with Gasteiger partial charge in [-0.2, -0.15) is 0 Å². The van der Waals surface area contributed by atoms with Crippen molar-refractivity contribution in [3.05, 3.63) is 69.8 Å². The maximum Gasteiger partial charge on any atom is 0.271 e. The highest BCUT2D eigenvalue weighted by Gasteiger charge is 2.31. The van der Waals surface area contributed by atoms with E-state index in [9.17, 15) is 28.1 Å². The van der Waals surface area contributed by atoms with E-state index in [1.54, 1.807) is 38.1 Å². The Kier molecular flexibility index (Phi) is 9.35. The topological polar surface area (TPSA) is 130 Å². The number of hydrogen-bond donors (Lipinski definition) is 1. The maximum absolute atomic E-state index is 13.5. The molecular weight excluding hydrogens is 472 g/mol. The van der Waals surface area contributed by atoms with Gasteiger partial charge in [0.15, 0.2) is 0 Å².